The number of rotatable bonds is 5. The van der Waals surface area contributed by atoms with E-state index >= 15 is 0 Å². The van der Waals surface area contributed by atoms with E-state index in [2.05, 4.69) is 22.2 Å². The van der Waals surface area contributed by atoms with Crippen LogP contribution < -0.4 is 10.1 Å². The molecule has 1 aromatic heterocycles. The third kappa shape index (κ3) is 4.26. The van der Waals surface area contributed by atoms with Gasteiger partial charge in [-0.3, -0.25) is 4.79 Å². The summed E-state index contributed by atoms with van der Waals surface area (Å²) in [5.74, 6) is 1.89. The molecule has 25 heavy (non-hydrogen) atoms. The Morgan fingerprint density at radius 2 is 1.92 bits per heavy atom. The maximum atomic E-state index is 12.5. The second-order valence-corrected chi connectivity index (χ2v) is 6.32. The number of para-hydroxylation sites is 2. The van der Waals surface area contributed by atoms with Gasteiger partial charge in [0.25, 0.3) is 5.91 Å². The third-order valence-electron chi connectivity index (χ3n) is 4.40. The van der Waals surface area contributed by atoms with Crippen LogP contribution in [0.4, 0.5) is 11.6 Å². The smallest absolute Gasteiger partial charge is 0.256 e. The number of ether oxygens (including phenoxy) is 1. The molecule has 1 saturated heterocycles. The number of nitrogens with zero attached hydrogens (tertiary/aromatic N) is 3. The van der Waals surface area contributed by atoms with Crippen molar-refractivity contribution in [3.8, 4) is 5.75 Å². The molecule has 0 bridgehead atoms. The standard InChI is InChI=1S/C19H24N4O2/c1-3-25-17-7-5-4-6-16(17)22-19-20-12-15(13-21-19)18(24)23-10-8-14(2)9-11-23/h4-7,12-14H,3,8-11H2,1-2H3,(H,20,21,22). The molecule has 1 N–H and O–H groups in total. The van der Waals surface area contributed by atoms with Gasteiger partial charge in [-0.25, -0.2) is 9.97 Å². The number of benzene rings is 1. The van der Waals surface area contributed by atoms with E-state index in [0.717, 1.165) is 37.4 Å². The molecule has 132 valence electrons. The van der Waals surface area contributed by atoms with Crippen molar-refractivity contribution in [2.45, 2.75) is 26.7 Å². The van der Waals surface area contributed by atoms with Crippen molar-refractivity contribution in [1.82, 2.24) is 14.9 Å². The molecule has 0 unspecified atom stereocenters. The van der Waals surface area contributed by atoms with E-state index in [-0.39, 0.29) is 5.91 Å². The van der Waals surface area contributed by atoms with E-state index in [0.29, 0.717) is 24.0 Å². The second-order valence-electron chi connectivity index (χ2n) is 6.32. The number of hydrogen-bond acceptors (Lipinski definition) is 5. The summed E-state index contributed by atoms with van der Waals surface area (Å²) >= 11 is 0. The molecule has 6 nitrogen and oxygen atoms in total. The lowest BCUT2D eigenvalue weighted by Crippen LogP contribution is -2.38. The average molecular weight is 340 g/mol. The van der Waals surface area contributed by atoms with Crippen molar-refractivity contribution in [3.05, 3.63) is 42.2 Å². The number of piperidine rings is 1. The molecule has 0 spiro atoms. The third-order valence-corrected chi connectivity index (χ3v) is 4.40. The van der Waals surface area contributed by atoms with Gasteiger partial charge in [0.15, 0.2) is 0 Å². The van der Waals surface area contributed by atoms with Gasteiger partial charge in [-0.15, -0.1) is 0 Å². The molecule has 3 rings (SSSR count). The highest BCUT2D eigenvalue weighted by Gasteiger charge is 2.21. The van der Waals surface area contributed by atoms with Gasteiger partial charge in [0, 0.05) is 25.5 Å². The summed E-state index contributed by atoms with van der Waals surface area (Å²) in [6, 6.07) is 7.63. The summed E-state index contributed by atoms with van der Waals surface area (Å²) in [4.78, 5) is 23.0. The van der Waals surface area contributed by atoms with Crippen LogP contribution in [0.15, 0.2) is 36.7 Å². The van der Waals surface area contributed by atoms with Gasteiger partial charge in [-0.1, -0.05) is 19.1 Å². The van der Waals surface area contributed by atoms with E-state index in [1.165, 1.54) is 0 Å². The molecule has 1 aliphatic heterocycles. The van der Waals surface area contributed by atoms with Crippen molar-refractivity contribution in [3.63, 3.8) is 0 Å². The zero-order valence-electron chi connectivity index (χ0n) is 14.7. The highest BCUT2D eigenvalue weighted by atomic mass is 16.5. The molecule has 1 aromatic carbocycles. The number of nitrogens with one attached hydrogen (secondary N) is 1. The minimum absolute atomic E-state index is 0.00756. The molecular weight excluding hydrogens is 316 g/mol. The van der Waals surface area contributed by atoms with Crippen molar-refractivity contribution in [1.29, 1.82) is 0 Å². The van der Waals surface area contributed by atoms with Gasteiger partial charge in [-0.2, -0.15) is 0 Å². The Labute approximate surface area is 148 Å². The van der Waals surface area contributed by atoms with Gasteiger partial charge in [0.05, 0.1) is 17.9 Å². The Hall–Kier alpha value is -2.63. The highest BCUT2D eigenvalue weighted by Crippen LogP contribution is 2.26. The Morgan fingerprint density at radius 3 is 2.60 bits per heavy atom. The summed E-state index contributed by atoms with van der Waals surface area (Å²) in [5, 5.41) is 3.14. The summed E-state index contributed by atoms with van der Waals surface area (Å²) in [6.07, 6.45) is 5.28. The Bertz CT molecular complexity index is 710. The molecule has 2 heterocycles. The van der Waals surface area contributed by atoms with E-state index in [1.807, 2.05) is 36.1 Å². The topological polar surface area (TPSA) is 67.3 Å². The molecular formula is C19H24N4O2. The molecule has 1 amide bonds. The van der Waals surface area contributed by atoms with Crippen LogP contribution in [0.25, 0.3) is 0 Å². The molecule has 0 atom stereocenters. The van der Waals surface area contributed by atoms with E-state index in [1.54, 1.807) is 12.4 Å². The number of carbonyl (C=O) groups is 1. The zero-order chi connectivity index (χ0) is 17.6. The first-order chi connectivity index (χ1) is 12.2. The van der Waals surface area contributed by atoms with Crippen LogP contribution in [0.3, 0.4) is 0 Å². The van der Waals surface area contributed by atoms with Crippen LogP contribution in [0, 0.1) is 5.92 Å². The van der Waals surface area contributed by atoms with Gasteiger partial charge >= 0.3 is 0 Å². The lowest BCUT2D eigenvalue weighted by molar-refractivity contribution is 0.0696. The summed E-state index contributed by atoms with van der Waals surface area (Å²) in [6.45, 7) is 6.37. The Morgan fingerprint density at radius 1 is 1.24 bits per heavy atom. The fourth-order valence-corrected chi connectivity index (χ4v) is 2.87. The van der Waals surface area contributed by atoms with Crippen molar-refractivity contribution < 1.29 is 9.53 Å². The first-order valence-electron chi connectivity index (χ1n) is 8.77. The number of anilines is 2. The van der Waals surface area contributed by atoms with Crippen LogP contribution in [-0.2, 0) is 0 Å². The minimum atomic E-state index is 0.00756. The predicted molar refractivity (Wildman–Crippen MR) is 97.2 cm³/mol. The normalized spacial score (nSPS) is 15.0. The van der Waals surface area contributed by atoms with Crippen LogP contribution >= 0.6 is 0 Å². The molecule has 1 fully saturated rings. The lowest BCUT2D eigenvalue weighted by atomic mass is 9.99. The Kier molecular flexibility index (Phi) is 5.48. The first kappa shape index (κ1) is 17.2. The fraction of sp³-hybridized carbons (Fsp3) is 0.421. The van der Waals surface area contributed by atoms with E-state index in [9.17, 15) is 4.79 Å². The maximum Gasteiger partial charge on any atom is 0.256 e. The van der Waals surface area contributed by atoms with Gasteiger partial charge in [0.2, 0.25) is 5.95 Å². The van der Waals surface area contributed by atoms with Gasteiger partial charge < -0.3 is 15.0 Å². The first-order valence-corrected chi connectivity index (χ1v) is 8.77. The van der Waals surface area contributed by atoms with Crippen molar-refractivity contribution in [2.24, 2.45) is 5.92 Å². The zero-order valence-corrected chi connectivity index (χ0v) is 14.7. The van der Waals surface area contributed by atoms with E-state index < -0.39 is 0 Å². The van der Waals surface area contributed by atoms with Crippen LogP contribution in [0.2, 0.25) is 0 Å². The number of carbonyl (C=O) groups excluding carboxylic acids is 1. The van der Waals surface area contributed by atoms with Crippen LogP contribution in [0.5, 0.6) is 5.75 Å². The molecule has 0 aliphatic carbocycles. The molecule has 6 heteroatoms. The number of amides is 1. The van der Waals surface area contributed by atoms with Crippen molar-refractivity contribution in [2.75, 3.05) is 25.0 Å². The predicted octanol–water partition coefficient (Wildman–Crippen LogP) is 3.49. The maximum absolute atomic E-state index is 12.5. The summed E-state index contributed by atoms with van der Waals surface area (Å²) in [7, 11) is 0. The number of aromatic nitrogens is 2. The molecule has 0 saturated carbocycles. The van der Waals surface area contributed by atoms with Crippen molar-refractivity contribution >= 4 is 17.5 Å². The highest BCUT2D eigenvalue weighted by molar-refractivity contribution is 5.93. The molecule has 2 aromatic rings. The van der Waals surface area contributed by atoms with Crippen LogP contribution in [-0.4, -0.2) is 40.5 Å². The number of likely N-dealkylation sites (tertiary alicyclic amines) is 1. The lowest BCUT2D eigenvalue weighted by Gasteiger charge is -2.30. The van der Waals surface area contributed by atoms with Gasteiger partial charge in [0.1, 0.15) is 5.75 Å². The molecule has 1 aliphatic rings. The number of hydrogen-bond donors (Lipinski definition) is 1. The largest absolute Gasteiger partial charge is 0.492 e. The Balaban J connectivity index is 1.67. The van der Waals surface area contributed by atoms with E-state index in [4.69, 9.17) is 4.74 Å². The van der Waals surface area contributed by atoms with Gasteiger partial charge in [-0.05, 0) is 37.8 Å². The fourth-order valence-electron chi connectivity index (χ4n) is 2.87. The monoisotopic (exact) mass is 340 g/mol. The van der Waals surface area contributed by atoms with Crippen LogP contribution in [0.1, 0.15) is 37.0 Å². The summed E-state index contributed by atoms with van der Waals surface area (Å²) < 4.78 is 5.58. The second kappa shape index (κ2) is 7.96. The SMILES string of the molecule is CCOc1ccccc1Nc1ncc(C(=O)N2CCC(C)CC2)cn1. The average Bonchev–Trinajstić information content (AvgIpc) is 2.64. The minimum Gasteiger partial charge on any atom is -0.492 e. The quantitative estimate of drug-likeness (QED) is 0.902. The summed E-state index contributed by atoms with van der Waals surface area (Å²) in [5.41, 5.74) is 1.33. The molecule has 0 radical (unpaired) electrons.